The molecule has 0 aromatic carbocycles. The van der Waals surface area contributed by atoms with Crippen molar-refractivity contribution >= 4 is 6.03 Å². The third kappa shape index (κ3) is 4.16. The summed E-state index contributed by atoms with van der Waals surface area (Å²) >= 11 is 0. The first kappa shape index (κ1) is 14.3. The Morgan fingerprint density at radius 2 is 2.06 bits per heavy atom. The van der Waals surface area contributed by atoms with Crippen LogP contribution in [0.25, 0.3) is 0 Å². The zero-order valence-corrected chi connectivity index (χ0v) is 11.0. The van der Waals surface area contributed by atoms with Gasteiger partial charge in [-0.05, 0) is 32.6 Å². The van der Waals surface area contributed by atoms with Crippen LogP contribution in [0.3, 0.4) is 0 Å². The van der Waals surface area contributed by atoms with Crippen LogP contribution < -0.4 is 5.32 Å². The summed E-state index contributed by atoms with van der Waals surface area (Å²) < 4.78 is 5.30. The van der Waals surface area contributed by atoms with E-state index in [4.69, 9.17) is 9.84 Å². The second-order valence-electron chi connectivity index (χ2n) is 4.83. The number of hydrogen-bond donors (Lipinski definition) is 2. The van der Waals surface area contributed by atoms with E-state index >= 15 is 0 Å². The lowest BCUT2D eigenvalue weighted by atomic mass is 9.93. The quantitative estimate of drug-likeness (QED) is 0.770. The molecule has 1 saturated heterocycles. The number of nitrogens with one attached hydrogen (secondary N) is 1. The predicted molar refractivity (Wildman–Crippen MR) is 65.8 cm³/mol. The highest BCUT2D eigenvalue weighted by molar-refractivity contribution is 5.74. The average molecular weight is 244 g/mol. The second kappa shape index (κ2) is 6.81. The molecule has 17 heavy (non-hydrogen) atoms. The fraction of sp³-hybridized carbons (Fsp3) is 0.917. The van der Waals surface area contributed by atoms with Crippen LogP contribution in [-0.4, -0.2) is 55.0 Å². The van der Waals surface area contributed by atoms with Crippen molar-refractivity contribution in [1.82, 2.24) is 10.2 Å². The van der Waals surface area contributed by atoms with Crippen molar-refractivity contribution in [2.75, 3.05) is 26.9 Å². The Morgan fingerprint density at radius 1 is 1.47 bits per heavy atom. The van der Waals surface area contributed by atoms with Crippen molar-refractivity contribution in [2.24, 2.45) is 5.92 Å². The van der Waals surface area contributed by atoms with Crippen LogP contribution in [0.4, 0.5) is 4.79 Å². The fourth-order valence-electron chi connectivity index (χ4n) is 1.95. The molecular formula is C12H24N2O3. The predicted octanol–water partition coefficient (Wildman–Crippen LogP) is 0.824. The van der Waals surface area contributed by atoms with Crippen molar-refractivity contribution in [3.63, 3.8) is 0 Å². The molecule has 1 aliphatic heterocycles. The topological polar surface area (TPSA) is 61.8 Å². The molecule has 0 spiro atoms. The lowest BCUT2D eigenvalue weighted by Crippen LogP contribution is -2.49. The Balaban J connectivity index is 2.38. The molecule has 2 N–H and O–H groups in total. The fourth-order valence-corrected chi connectivity index (χ4v) is 1.95. The minimum Gasteiger partial charge on any atom is -0.394 e. The highest BCUT2D eigenvalue weighted by Crippen LogP contribution is 2.18. The largest absolute Gasteiger partial charge is 0.394 e. The van der Waals surface area contributed by atoms with Gasteiger partial charge in [0.1, 0.15) is 0 Å². The Morgan fingerprint density at radius 3 is 2.59 bits per heavy atom. The molecule has 1 rings (SSSR count). The van der Waals surface area contributed by atoms with Crippen LogP contribution in [0.5, 0.6) is 0 Å². The van der Waals surface area contributed by atoms with Gasteiger partial charge in [-0.2, -0.15) is 0 Å². The lowest BCUT2D eigenvalue weighted by Gasteiger charge is -2.31. The van der Waals surface area contributed by atoms with E-state index in [1.807, 2.05) is 13.8 Å². The second-order valence-corrected chi connectivity index (χ2v) is 4.83. The van der Waals surface area contributed by atoms with Crippen molar-refractivity contribution < 1.29 is 14.6 Å². The highest BCUT2D eigenvalue weighted by Gasteiger charge is 2.23. The minimum atomic E-state index is -0.156. The van der Waals surface area contributed by atoms with E-state index in [1.54, 1.807) is 7.05 Å². The molecule has 0 saturated carbocycles. The third-order valence-corrected chi connectivity index (χ3v) is 3.57. The molecule has 1 heterocycles. The summed E-state index contributed by atoms with van der Waals surface area (Å²) in [5.74, 6) is 0.491. The van der Waals surface area contributed by atoms with Gasteiger partial charge in [0.2, 0.25) is 0 Å². The molecule has 1 fully saturated rings. The number of aliphatic hydroxyl groups is 1. The van der Waals surface area contributed by atoms with Gasteiger partial charge >= 0.3 is 6.03 Å². The van der Waals surface area contributed by atoms with Crippen LogP contribution in [0, 0.1) is 5.92 Å². The van der Waals surface area contributed by atoms with Crippen LogP contribution in [0.15, 0.2) is 0 Å². The smallest absolute Gasteiger partial charge is 0.317 e. The van der Waals surface area contributed by atoms with E-state index in [9.17, 15) is 4.79 Å². The van der Waals surface area contributed by atoms with Gasteiger partial charge in [-0.1, -0.05) is 0 Å². The normalized spacial score (nSPS) is 20.7. The van der Waals surface area contributed by atoms with Crippen LogP contribution in [0.1, 0.15) is 26.7 Å². The zero-order valence-electron chi connectivity index (χ0n) is 11.0. The first-order valence-electron chi connectivity index (χ1n) is 6.28. The van der Waals surface area contributed by atoms with Crippen LogP contribution in [0.2, 0.25) is 0 Å². The summed E-state index contributed by atoms with van der Waals surface area (Å²) in [7, 11) is 1.70. The number of urea groups is 1. The molecule has 0 aliphatic carbocycles. The molecule has 0 aromatic rings. The Kier molecular flexibility index (Phi) is 5.71. The summed E-state index contributed by atoms with van der Waals surface area (Å²) in [5, 5.41) is 12.0. The number of likely N-dealkylation sites (N-methyl/N-ethyl adjacent to an activating group) is 1. The van der Waals surface area contributed by atoms with Gasteiger partial charge in [0.25, 0.3) is 0 Å². The van der Waals surface area contributed by atoms with Crippen molar-refractivity contribution in [3.05, 3.63) is 0 Å². The van der Waals surface area contributed by atoms with Gasteiger partial charge in [0.05, 0.1) is 12.6 Å². The number of amides is 2. The molecule has 1 aliphatic rings. The Bertz CT molecular complexity index is 242. The SMILES string of the molecule is CC(NC(=O)N(C)C(C)CO)C1CCOCC1. The van der Waals surface area contributed by atoms with E-state index in [-0.39, 0.29) is 24.7 Å². The van der Waals surface area contributed by atoms with E-state index in [0.29, 0.717) is 5.92 Å². The van der Waals surface area contributed by atoms with Crippen LogP contribution in [-0.2, 0) is 4.74 Å². The monoisotopic (exact) mass is 244 g/mol. The van der Waals surface area contributed by atoms with Gasteiger partial charge in [0.15, 0.2) is 0 Å². The number of hydrogen-bond acceptors (Lipinski definition) is 3. The third-order valence-electron chi connectivity index (χ3n) is 3.57. The lowest BCUT2D eigenvalue weighted by molar-refractivity contribution is 0.0559. The van der Waals surface area contributed by atoms with Crippen molar-refractivity contribution in [3.8, 4) is 0 Å². The first-order chi connectivity index (χ1) is 8.06. The molecule has 0 radical (unpaired) electrons. The van der Waals surface area contributed by atoms with Gasteiger partial charge in [-0.15, -0.1) is 0 Å². The van der Waals surface area contributed by atoms with E-state index in [0.717, 1.165) is 26.1 Å². The molecular weight excluding hydrogens is 220 g/mol. The zero-order chi connectivity index (χ0) is 12.8. The molecule has 5 nitrogen and oxygen atoms in total. The standard InChI is InChI=1S/C12H24N2O3/c1-9(8-15)14(3)12(16)13-10(2)11-4-6-17-7-5-11/h9-11,15H,4-8H2,1-3H3,(H,13,16). The maximum absolute atomic E-state index is 11.9. The van der Waals surface area contributed by atoms with E-state index < -0.39 is 0 Å². The Labute approximate surface area is 103 Å². The number of aliphatic hydroxyl groups excluding tert-OH is 1. The number of carbonyl (C=O) groups excluding carboxylic acids is 1. The molecule has 0 aromatic heterocycles. The average Bonchev–Trinajstić information content (AvgIpc) is 2.37. The number of ether oxygens (including phenoxy) is 1. The summed E-state index contributed by atoms with van der Waals surface area (Å²) in [6, 6.07) is -0.123. The Hall–Kier alpha value is -0.810. The van der Waals surface area contributed by atoms with Crippen molar-refractivity contribution in [1.29, 1.82) is 0 Å². The van der Waals surface area contributed by atoms with E-state index in [1.165, 1.54) is 4.90 Å². The van der Waals surface area contributed by atoms with Crippen molar-refractivity contribution in [2.45, 2.75) is 38.8 Å². The molecule has 2 atom stereocenters. The van der Waals surface area contributed by atoms with Gasteiger partial charge in [-0.25, -0.2) is 4.79 Å². The minimum absolute atomic E-state index is 0.0183. The molecule has 2 unspecified atom stereocenters. The summed E-state index contributed by atoms with van der Waals surface area (Å²) in [4.78, 5) is 13.4. The van der Waals surface area contributed by atoms with Gasteiger partial charge in [-0.3, -0.25) is 0 Å². The van der Waals surface area contributed by atoms with E-state index in [2.05, 4.69) is 5.32 Å². The summed E-state index contributed by atoms with van der Waals surface area (Å²) in [5.41, 5.74) is 0. The van der Waals surface area contributed by atoms with Crippen LogP contribution >= 0.6 is 0 Å². The first-order valence-corrected chi connectivity index (χ1v) is 6.28. The summed E-state index contributed by atoms with van der Waals surface area (Å²) in [6.07, 6.45) is 2.00. The maximum Gasteiger partial charge on any atom is 0.317 e. The van der Waals surface area contributed by atoms with Gasteiger partial charge < -0.3 is 20.1 Å². The molecule has 2 amide bonds. The molecule has 100 valence electrons. The number of nitrogens with zero attached hydrogens (tertiary/aromatic N) is 1. The number of carbonyl (C=O) groups is 1. The molecule has 5 heteroatoms. The molecule has 0 bridgehead atoms. The summed E-state index contributed by atoms with van der Waals surface area (Å²) in [6.45, 7) is 5.40. The number of rotatable bonds is 4. The maximum atomic E-state index is 11.9. The highest BCUT2D eigenvalue weighted by atomic mass is 16.5. The van der Waals surface area contributed by atoms with Gasteiger partial charge in [0, 0.05) is 26.3 Å².